The van der Waals surface area contributed by atoms with Gasteiger partial charge in [0, 0.05) is 25.2 Å². The predicted molar refractivity (Wildman–Crippen MR) is 112 cm³/mol. The zero-order chi connectivity index (χ0) is 24.2. The Morgan fingerprint density at radius 3 is 2.27 bits per heavy atom. The van der Waals surface area contributed by atoms with Crippen molar-refractivity contribution >= 4 is 28.6 Å². The third-order valence-corrected chi connectivity index (χ3v) is 5.15. The fraction of sp³-hybridized carbons (Fsp3) is 0.238. The molecule has 33 heavy (non-hydrogen) atoms. The lowest BCUT2D eigenvalue weighted by molar-refractivity contribution is -0.192. The molecule has 1 aliphatic rings. The number of aromatic amines is 1. The summed E-state index contributed by atoms with van der Waals surface area (Å²) in [6.07, 6.45) is -5.08. The molecule has 6 N–H and O–H groups in total. The number of nitrogens with two attached hydrogens (primary N) is 1. The molecule has 9 nitrogen and oxygen atoms in total. The number of halogens is 3. The summed E-state index contributed by atoms with van der Waals surface area (Å²) in [4.78, 5) is 32.8. The van der Waals surface area contributed by atoms with Gasteiger partial charge in [-0.15, -0.1) is 0 Å². The Morgan fingerprint density at radius 2 is 1.73 bits per heavy atom. The summed E-state index contributed by atoms with van der Waals surface area (Å²) in [6, 6.07) is 15.8. The number of primary amides is 1. The van der Waals surface area contributed by atoms with E-state index in [1.54, 1.807) is 6.07 Å². The smallest absolute Gasteiger partial charge is 0.475 e. The summed E-state index contributed by atoms with van der Waals surface area (Å²) >= 11 is 0. The number of alkyl halides is 3. The lowest BCUT2D eigenvalue weighted by atomic mass is 9.81. The molecule has 0 radical (unpaired) electrons. The van der Waals surface area contributed by atoms with Crippen LogP contribution in [-0.4, -0.2) is 58.9 Å². The van der Waals surface area contributed by atoms with Crippen LogP contribution in [0, 0.1) is 5.41 Å². The van der Waals surface area contributed by atoms with Gasteiger partial charge in [0.2, 0.25) is 5.91 Å². The first kappa shape index (κ1) is 23.7. The largest absolute Gasteiger partial charge is 0.490 e. The molecule has 1 aromatic heterocycles. The van der Waals surface area contributed by atoms with Gasteiger partial charge in [-0.05, 0) is 22.9 Å². The normalized spacial score (nSPS) is 14.5. The number of nitrogens with zero attached hydrogens (tertiary/aromatic N) is 1. The van der Waals surface area contributed by atoms with Crippen molar-refractivity contribution in [3.63, 3.8) is 0 Å². The molecular formula is C21H20F3N5O4. The molecule has 3 aromatic rings. The van der Waals surface area contributed by atoms with Crippen molar-refractivity contribution in [1.82, 2.24) is 20.8 Å². The van der Waals surface area contributed by atoms with Gasteiger partial charge in [0.05, 0.1) is 11.1 Å². The van der Waals surface area contributed by atoms with Crippen LogP contribution in [0.3, 0.4) is 0 Å². The van der Waals surface area contributed by atoms with E-state index in [2.05, 4.69) is 20.8 Å². The molecular weight excluding hydrogens is 443 g/mol. The molecule has 0 unspecified atom stereocenters. The number of amides is 2. The maximum atomic E-state index is 12.4. The molecule has 2 heterocycles. The molecule has 0 bridgehead atoms. The van der Waals surface area contributed by atoms with E-state index in [1.165, 1.54) is 0 Å². The van der Waals surface area contributed by atoms with E-state index in [-0.39, 0.29) is 12.5 Å². The lowest BCUT2D eigenvalue weighted by Gasteiger charge is -2.39. The minimum absolute atomic E-state index is 0.207. The number of carboxylic acids is 1. The minimum Gasteiger partial charge on any atom is -0.475 e. The maximum Gasteiger partial charge on any atom is 0.490 e. The van der Waals surface area contributed by atoms with Gasteiger partial charge in [0.25, 0.3) is 5.91 Å². The van der Waals surface area contributed by atoms with E-state index in [0.717, 1.165) is 16.3 Å². The molecule has 4 rings (SSSR count). The van der Waals surface area contributed by atoms with E-state index in [1.807, 2.05) is 42.5 Å². The molecule has 2 aromatic carbocycles. The standard InChI is InChI=1S/C19H19N5O2.C2HF3O2/c20-18(26)19(9-21-10-19)11-22-17(25)16-8-15(23-24-16)14-6-5-12-3-1-2-4-13(12)7-14;3-2(4,5)1(6)7/h1-8,21H,9-11H2,(H2,20,26)(H,22,25)(H,23,24);(H,6,7). The van der Waals surface area contributed by atoms with E-state index in [9.17, 15) is 22.8 Å². The van der Waals surface area contributed by atoms with Crippen molar-refractivity contribution in [2.75, 3.05) is 19.6 Å². The van der Waals surface area contributed by atoms with Gasteiger partial charge in [0.15, 0.2) is 0 Å². The molecule has 0 aliphatic carbocycles. The number of carbonyl (C=O) groups is 3. The highest BCUT2D eigenvalue weighted by molar-refractivity contribution is 5.94. The van der Waals surface area contributed by atoms with Crippen LogP contribution < -0.4 is 16.4 Å². The van der Waals surface area contributed by atoms with Gasteiger partial charge >= 0.3 is 12.1 Å². The van der Waals surface area contributed by atoms with Crippen LogP contribution in [0.15, 0.2) is 48.5 Å². The molecule has 1 saturated heterocycles. The molecule has 174 valence electrons. The predicted octanol–water partition coefficient (Wildman–Crippen LogP) is 1.67. The van der Waals surface area contributed by atoms with Gasteiger partial charge in [-0.3, -0.25) is 14.7 Å². The van der Waals surface area contributed by atoms with E-state index in [4.69, 9.17) is 15.6 Å². The van der Waals surface area contributed by atoms with Crippen LogP contribution in [0.1, 0.15) is 10.5 Å². The van der Waals surface area contributed by atoms with Crippen molar-refractivity contribution in [3.05, 3.63) is 54.2 Å². The fourth-order valence-corrected chi connectivity index (χ4v) is 3.09. The number of carbonyl (C=O) groups excluding carboxylic acids is 2. The first-order valence-corrected chi connectivity index (χ1v) is 9.65. The summed E-state index contributed by atoms with van der Waals surface area (Å²) in [6.45, 7) is 1.17. The quantitative estimate of drug-likeness (QED) is 0.388. The van der Waals surface area contributed by atoms with Gasteiger partial charge in [0.1, 0.15) is 5.69 Å². The SMILES string of the molecule is NC(=O)C1(CNC(=O)c2cc(-c3ccc4ccccc4c3)n[nH]2)CNC1.O=C(O)C(F)(F)F. The number of H-pyrrole nitrogens is 1. The Morgan fingerprint density at radius 1 is 1.09 bits per heavy atom. The molecule has 1 aliphatic heterocycles. The molecule has 0 saturated carbocycles. The molecule has 12 heteroatoms. The molecule has 0 spiro atoms. The van der Waals surface area contributed by atoms with Gasteiger partial charge in [-0.25, -0.2) is 4.79 Å². The zero-order valence-electron chi connectivity index (χ0n) is 17.1. The highest BCUT2D eigenvalue weighted by Gasteiger charge is 2.43. The van der Waals surface area contributed by atoms with Crippen LogP contribution in [0.25, 0.3) is 22.0 Å². The maximum absolute atomic E-state index is 12.4. The molecule has 1 fully saturated rings. The van der Waals surface area contributed by atoms with Crippen molar-refractivity contribution in [1.29, 1.82) is 0 Å². The number of nitrogens with one attached hydrogen (secondary N) is 3. The lowest BCUT2D eigenvalue weighted by Crippen LogP contribution is -2.65. The summed E-state index contributed by atoms with van der Waals surface area (Å²) in [5, 5.41) is 22.2. The average molecular weight is 463 g/mol. The van der Waals surface area contributed by atoms with Crippen LogP contribution in [0.4, 0.5) is 13.2 Å². The summed E-state index contributed by atoms with van der Waals surface area (Å²) < 4.78 is 31.7. The van der Waals surface area contributed by atoms with Gasteiger partial charge < -0.3 is 21.5 Å². The number of fused-ring (bicyclic) bond motifs is 1. The fourth-order valence-electron chi connectivity index (χ4n) is 3.09. The number of aliphatic carboxylic acids is 1. The van der Waals surface area contributed by atoms with Crippen LogP contribution in [0.2, 0.25) is 0 Å². The Labute approximate surface area is 185 Å². The van der Waals surface area contributed by atoms with E-state index >= 15 is 0 Å². The van der Waals surface area contributed by atoms with E-state index in [0.29, 0.717) is 24.5 Å². The van der Waals surface area contributed by atoms with Crippen LogP contribution in [0.5, 0.6) is 0 Å². The first-order valence-electron chi connectivity index (χ1n) is 9.65. The average Bonchev–Trinajstić information content (AvgIpc) is 3.22. The number of aromatic nitrogens is 2. The van der Waals surface area contributed by atoms with Gasteiger partial charge in [-0.1, -0.05) is 36.4 Å². The second-order valence-electron chi connectivity index (χ2n) is 7.46. The Balaban J connectivity index is 0.000000383. The highest BCUT2D eigenvalue weighted by atomic mass is 19.4. The molecule has 0 atom stereocenters. The van der Waals surface area contributed by atoms with E-state index < -0.39 is 23.5 Å². The Kier molecular flexibility index (Phi) is 6.68. The van der Waals surface area contributed by atoms with Crippen LogP contribution >= 0.6 is 0 Å². The summed E-state index contributed by atoms with van der Waals surface area (Å²) in [7, 11) is 0. The number of hydrogen-bond acceptors (Lipinski definition) is 5. The third-order valence-electron chi connectivity index (χ3n) is 5.15. The number of rotatable bonds is 5. The van der Waals surface area contributed by atoms with Crippen molar-refractivity contribution in [2.24, 2.45) is 11.1 Å². The number of hydrogen-bond donors (Lipinski definition) is 5. The molecule has 2 amide bonds. The second-order valence-corrected chi connectivity index (χ2v) is 7.46. The van der Waals surface area contributed by atoms with Crippen LogP contribution in [-0.2, 0) is 9.59 Å². The minimum atomic E-state index is -5.08. The number of carboxylic acid groups (broad SMARTS) is 1. The van der Waals surface area contributed by atoms with Crippen molar-refractivity contribution in [2.45, 2.75) is 6.18 Å². The Hall–Kier alpha value is -3.93. The third kappa shape index (κ3) is 5.47. The zero-order valence-corrected chi connectivity index (χ0v) is 17.1. The van der Waals surface area contributed by atoms with Gasteiger partial charge in [-0.2, -0.15) is 18.3 Å². The number of benzene rings is 2. The highest BCUT2D eigenvalue weighted by Crippen LogP contribution is 2.24. The summed E-state index contributed by atoms with van der Waals surface area (Å²) in [5.41, 5.74) is 6.70. The topological polar surface area (TPSA) is 150 Å². The summed E-state index contributed by atoms with van der Waals surface area (Å²) in [5.74, 6) is -3.47. The Bertz CT molecular complexity index is 1190. The first-order chi connectivity index (χ1) is 15.5. The monoisotopic (exact) mass is 463 g/mol. The van der Waals surface area contributed by atoms with Crippen molar-refractivity contribution < 1.29 is 32.7 Å². The van der Waals surface area contributed by atoms with Crippen molar-refractivity contribution in [3.8, 4) is 11.3 Å². The second kappa shape index (κ2) is 9.28.